The Hall–Kier alpha value is -0.620. The highest BCUT2D eigenvalue weighted by molar-refractivity contribution is 7.90. The Morgan fingerprint density at radius 3 is 2.50 bits per heavy atom. The van der Waals surface area contributed by atoms with Crippen molar-refractivity contribution >= 4 is 21.6 Å². The van der Waals surface area contributed by atoms with E-state index in [-0.39, 0.29) is 6.04 Å². The van der Waals surface area contributed by atoms with Crippen molar-refractivity contribution in [2.24, 2.45) is 0 Å². The molecule has 20 heavy (non-hydrogen) atoms. The van der Waals surface area contributed by atoms with Gasteiger partial charge in [0.15, 0.2) is 0 Å². The van der Waals surface area contributed by atoms with Gasteiger partial charge in [0, 0.05) is 17.6 Å². The fourth-order valence-electron chi connectivity index (χ4n) is 1.84. The molecule has 2 unspecified atom stereocenters. The van der Waals surface area contributed by atoms with Gasteiger partial charge in [-0.3, -0.25) is 0 Å². The van der Waals surface area contributed by atoms with Gasteiger partial charge in [0.2, 0.25) is 10.0 Å². The Morgan fingerprint density at radius 2 is 1.90 bits per heavy atom. The molecule has 0 aliphatic carbocycles. The van der Waals surface area contributed by atoms with E-state index in [1.54, 1.807) is 19.9 Å². The van der Waals surface area contributed by atoms with E-state index in [9.17, 15) is 8.42 Å². The zero-order valence-electron chi connectivity index (χ0n) is 12.2. The number of hydrogen-bond donors (Lipinski definition) is 2. The number of rotatable bonds is 8. The molecule has 0 radical (unpaired) electrons. The second-order valence-electron chi connectivity index (χ2n) is 4.92. The van der Waals surface area contributed by atoms with E-state index in [0.717, 1.165) is 18.5 Å². The van der Waals surface area contributed by atoms with Crippen LogP contribution in [-0.2, 0) is 10.0 Å². The molecule has 0 heterocycles. The zero-order valence-corrected chi connectivity index (χ0v) is 13.8. The van der Waals surface area contributed by atoms with Crippen LogP contribution in [0.2, 0.25) is 5.02 Å². The van der Waals surface area contributed by atoms with Gasteiger partial charge in [0.1, 0.15) is 0 Å². The van der Waals surface area contributed by atoms with Crippen LogP contribution in [0.3, 0.4) is 0 Å². The maximum Gasteiger partial charge on any atom is 0.216 e. The van der Waals surface area contributed by atoms with E-state index in [2.05, 4.69) is 10.0 Å². The first-order chi connectivity index (χ1) is 9.38. The molecular formula is C14H23ClN2O2S. The van der Waals surface area contributed by atoms with E-state index in [1.165, 1.54) is 0 Å². The van der Waals surface area contributed by atoms with Crippen LogP contribution in [0.5, 0.6) is 0 Å². The summed E-state index contributed by atoms with van der Waals surface area (Å²) in [7, 11) is -3.38. The Labute approximate surface area is 127 Å². The summed E-state index contributed by atoms with van der Waals surface area (Å²) in [6.07, 6.45) is 0.982. The smallest absolute Gasteiger partial charge is 0.216 e. The van der Waals surface area contributed by atoms with Crippen molar-refractivity contribution in [3.63, 3.8) is 0 Å². The van der Waals surface area contributed by atoms with Crippen molar-refractivity contribution in [2.75, 3.05) is 13.1 Å². The van der Waals surface area contributed by atoms with Crippen LogP contribution in [-0.4, -0.2) is 26.8 Å². The topological polar surface area (TPSA) is 58.2 Å². The summed E-state index contributed by atoms with van der Waals surface area (Å²) in [6.45, 7) is 6.80. The number of benzene rings is 1. The maximum absolute atomic E-state index is 12.2. The van der Waals surface area contributed by atoms with Crippen LogP contribution in [0.1, 0.15) is 38.8 Å². The lowest BCUT2D eigenvalue weighted by atomic mass is 10.1. The molecule has 1 aromatic rings. The van der Waals surface area contributed by atoms with Crippen LogP contribution in [0.25, 0.3) is 0 Å². The summed E-state index contributed by atoms with van der Waals surface area (Å²) in [6, 6.07) is 6.91. The highest BCUT2D eigenvalue weighted by atomic mass is 35.5. The molecule has 0 saturated heterocycles. The molecule has 114 valence electrons. The Bertz CT molecular complexity index is 520. The fourth-order valence-corrected chi connectivity index (χ4v) is 3.33. The standard InChI is InChI=1S/C14H23ClN2O2S/c1-4-9-16-10-11(2)20(18,19)17-12(3)13-7-5-6-8-14(13)15/h5-8,11-12,16-17H,4,9-10H2,1-3H3. The summed E-state index contributed by atoms with van der Waals surface area (Å²) in [5.74, 6) is 0. The molecule has 4 nitrogen and oxygen atoms in total. The quantitative estimate of drug-likeness (QED) is 0.725. The average molecular weight is 319 g/mol. The van der Waals surface area contributed by atoms with E-state index in [4.69, 9.17) is 11.6 Å². The molecule has 0 saturated carbocycles. The second kappa shape index (κ2) is 7.98. The van der Waals surface area contributed by atoms with Crippen molar-refractivity contribution in [3.05, 3.63) is 34.9 Å². The average Bonchev–Trinajstić information content (AvgIpc) is 2.38. The van der Waals surface area contributed by atoms with Crippen LogP contribution < -0.4 is 10.0 Å². The van der Waals surface area contributed by atoms with Crippen LogP contribution in [0, 0.1) is 0 Å². The summed E-state index contributed by atoms with van der Waals surface area (Å²) in [4.78, 5) is 0. The molecule has 2 atom stereocenters. The normalized spacial score (nSPS) is 15.0. The number of sulfonamides is 1. The van der Waals surface area contributed by atoms with E-state index >= 15 is 0 Å². The van der Waals surface area contributed by atoms with Crippen molar-refractivity contribution in [3.8, 4) is 0 Å². The van der Waals surface area contributed by atoms with Gasteiger partial charge in [0.25, 0.3) is 0 Å². The molecule has 1 rings (SSSR count). The third-order valence-electron chi connectivity index (χ3n) is 3.10. The van der Waals surface area contributed by atoms with Crippen molar-refractivity contribution in [2.45, 2.75) is 38.5 Å². The maximum atomic E-state index is 12.2. The molecule has 0 amide bonds. The first-order valence-electron chi connectivity index (χ1n) is 6.84. The molecule has 2 N–H and O–H groups in total. The van der Waals surface area contributed by atoms with Gasteiger partial charge >= 0.3 is 0 Å². The minimum Gasteiger partial charge on any atom is -0.315 e. The fraction of sp³-hybridized carbons (Fsp3) is 0.571. The molecule has 0 spiro atoms. The molecule has 0 aliphatic rings. The van der Waals surface area contributed by atoms with Crippen molar-refractivity contribution < 1.29 is 8.42 Å². The molecule has 0 bridgehead atoms. The van der Waals surface area contributed by atoms with Gasteiger partial charge < -0.3 is 5.32 Å². The predicted molar refractivity (Wildman–Crippen MR) is 84.5 cm³/mol. The number of nitrogens with one attached hydrogen (secondary N) is 2. The minimum absolute atomic E-state index is 0.345. The van der Waals surface area contributed by atoms with Crippen LogP contribution in [0.4, 0.5) is 0 Å². The Kier molecular flexibility index (Phi) is 6.95. The highest BCUT2D eigenvalue weighted by Crippen LogP contribution is 2.23. The van der Waals surface area contributed by atoms with Gasteiger partial charge in [0.05, 0.1) is 5.25 Å². The van der Waals surface area contributed by atoms with Crippen molar-refractivity contribution in [1.82, 2.24) is 10.0 Å². The Morgan fingerprint density at radius 1 is 1.25 bits per heavy atom. The molecule has 0 fully saturated rings. The highest BCUT2D eigenvalue weighted by Gasteiger charge is 2.23. The molecule has 6 heteroatoms. The lowest BCUT2D eigenvalue weighted by molar-refractivity contribution is 0.544. The van der Waals surface area contributed by atoms with Gasteiger partial charge in [-0.15, -0.1) is 0 Å². The van der Waals surface area contributed by atoms with Gasteiger partial charge in [-0.1, -0.05) is 36.7 Å². The third kappa shape index (κ3) is 5.05. The van der Waals surface area contributed by atoms with E-state index in [1.807, 2.05) is 25.1 Å². The van der Waals surface area contributed by atoms with E-state index < -0.39 is 15.3 Å². The second-order valence-corrected chi connectivity index (χ2v) is 7.46. The summed E-state index contributed by atoms with van der Waals surface area (Å²) < 4.78 is 27.1. The van der Waals surface area contributed by atoms with E-state index in [0.29, 0.717) is 11.6 Å². The monoisotopic (exact) mass is 318 g/mol. The van der Waals surface area contributed by atoms with Gasteiger partial charge in [-0.25, -0.2) is 13.1 Å². The third-order valence-corrected chi connectivity index (χ3v) is 5.35. The summed E-state index contributed by atoms with van der Waals surface area (Å²) >= 11 is 6.08. The van der Waals surface area contributed by atoms with Crippen LogP contribution >= 0.6 is 11.6 Å². The SMILES string of the molecule is CCCNCC(C)S(=O)(=O)NC(C)c1ccccc1Cl. The largest absolute Gasteiger partial charge is 0.315 e. The zero-order chi connectivity index (χ0) is 15.2. The predicted octanol–water partition coefficient (Wildman–Crippen LogP) is 2.71. The summed E-state index contributed by atoms with van der Waals surface area (Å²) in [5.41, 5.74) is 0.784. The van der Waals surface area contributed by atoms with Gasteiger partial charge in [-0.05, 0) is 38.4 Å². The number of hydrogen-bond acceptors (Lipinski definition) is 3. The van der Waals surface area contributed by atoms with Crippen molar-refractivity contribution in [1.29, 1.82) is 0 Å². The lowest BCUT2D eigenvalue weighted by Gasteiger charge is -2.20. The molecule has 0 aliphatic heterocycles. The number of halogens is 1. The Balaban J connectivity index is 2.68. The summed E-state index contributed by atoms with van der Waals surface area (Å²) in [5, 5.41) is 3.20. The van der Waals surface area contributed by atoms with Gasteiger partial charge in [-0.2, -0.15) is 0 Å². The van der Waals surface area contributed by atoms with Crippen LogP contribution in [0.15, 0.2) is 24.3 Å². The molecular weight excluding hydrogens is 296 g/mol. The lowest BCUT2D eigenvalue weighted by Crippen LogP contribution is -2.40. The first kappa shape index (κ1) is 17.4. The molecule has 1 aromatic carbocycles. The molecule has 0 aromatic heterocycles. The minimum atomic E-state index is -3.38. The first-order valence-corrected chi connectivity index (χ1v) is 8.77.